The van der Waals surface area contributed by atoms with Gasteiger partial charge in [0.25, 0.3) is 5.69 Å². The summed E-state index contributed by atoms with van der Waals surface area (Å²) in [6, 6.07) is 5.68. The number of benzene rings is 1. The Balaban J connectivity index is 2.12. The zero-order valence-corrected chi connectivity index (χ0v) is 10.6. The van der Waals surface area contributed by atoms with Crippen LogP contribution in [0.25, 0.3) is 11.5 Å². The summed E-state index contributed by atoms with van der Waals surface area (Å²) < 4.78 is 10.1. The van der Waals surface area contributed by atoms with Gasteiger partial charge in [-0.1, -0.05) is 0 Å². The lowest BCUT2D eigenvalue weighted by Gasteiger charge is -1.97. The van der Waals surface area contributed by atoms with Gasteiger partial charge in [0.15, 0.2) is 0 Å². The Morgan fingerprint density at radius 1 is 1.35 bits per heavy atom. The van der Waals surface area contributed by atoms with Gasteiger partial charge in [-0.15, -0.1) is 10.2 Å². The number of carbonyl (C=O) groups is 1. The molecule has 1 aromatic heterocycles. The second kappa shape index (κ2) is 5.91. The molecule has 0 N–H and O–H groups in total. The Bertz CT molecular complexity index is 620. The van der Waals surface area contributed by atoms with E-state index < -0.39 is 10.9 Å². The summed E-state index contributed by atoms with van der Waals surface area (Å²) in [4.78, 5) is 21.3. The number of carbonyl (C=O) groups excluding carboxylic acids is 1. The van der Waals surface area contributed by atoms with Crippen molar-refractivity contribution in [2.24, 2.45) is 0 Å². The first-order chi connectivity index (χ1) is 9.60. The summed E-state index contributed by atoms with van der Waals surface area (Å²) in [6.45, 7) is 1.98. The Kier molecular flexibility index (Phi) is 4.04. The number of rotatable bonds is 5. The van der Waals surface area contributed by atoms with Gasteiger partial charge in [0.1, 0.15) is 6.42 Å². The fraction of sp³-hybridized carbons (Fsp3) is 0.250. The summed E-state index contributed by atoms with van der Waals surface area (Å²) in [6.07, 6.45) is -0.103. The summed E-state index contributed by atoms with van der Waals surface area (Å²) >= 11 is 0. The van der Waals surface area contributed by atoms with Crippen LogP contribution in [-0.2, 0) is 16.0 Å². The highest BCUT2D eigenvalue weighted by Gasteiger charge is 2.14. The number of nitrogens with zero attached hydrogens (tertiary/aromatic N) is 3. The Labute approximate surface area is 113 Å². The lowest BCUT2D eigenvalue weighted by molar-refractivity contribution is -0.384. The molecule has 0 bridgehead atoms. The van der Waals surface area contributed by atoms with Gasteiger partial charge >= 0.3 is 5.97 Å². The molecule has 0 aliphatic carbocycles. The minimum atomic E-state index is -0.496. The molecule has 0 saturated carbocycles. The number of ether oxygens (including phenoxy) is 1. The van der Waals surface area contributed by atoms with Gasteiger partial charge in [-0.3, -0.25) is 14.9 Å². The van der Waals surface area contributed by atoms with Crippen molar-refractivity contribution in [2.75, 3.05) is 6.61 Å². The standard InChI is InChI=1S/C12H11N3O5/c1-2-19-11(16)7-10-13-14-12(20-10)8-3-5-9(6-4-8)15(17)18/h3-6H,2,7H2,1H3. The number of nitro groups is 1. The highest BCUT2D eigenvalue weighted by Crippen LogP contribution is 2.21. The van der Waals surface area contributed by atoms with E-state index in [1.54, 1.807) is 6.92 Å². The number of hydrogen-bond donors (Lipinski definition) is 0. The Hall–Kier alpha value is -2.77. The van der Waals surface area contributed by atoms with E-state index in [9.17, 15) is 14.9 Å². The van der Waals surface area contributed by atoms with Crippen molar-refractivity contribution >= 4 is 11.7 Å². The van der Waals surface area contributed by atoms with E-state index in [2.05, 4.69) is 10.2 Å². The number of nitro benzene ring substituents is 1. The Morgan fingerprint density at radius 2 is 2.05 bits per heavy atom. The molecule has 0 unspecified atom stereocenters. The molecule has 0 atom stereocenters. The maximum atomic E-state index is 11.3. The SMILES string of the molecule is CCOC(=O)Cc1nnc(-c2ccc([N+](=O)[O-])cc2)o1. The van der Waals surface area contributed by atoms with Crippen LogP contribution < -0.4 is 0 Å². The molecule has 0 amide bonds. The van der Waals surface area contributed by atoms with Crippen molar-refractivity contribution < 1.29 is 18.9 Å². The van der Waals surface area contributed by atoms with Crippen molar-refractivity contribution in [3.63, 3.8) is 0 Å². The van der Waals surface area contributed by atoms with Gasteiger partial charge < -0.3 is 9.15 Å². The molecule has 0 fully saturated rings. The molecule has 0 saturated heterocycles. The minimum Gasteiger partial charge on any atom is -0.466 e. The molecule has 104 valence electrons. The van der Waals surface area contributed by atoms with E-state index in [1.807, 2.05) is 0 Å². The molecule has 0 aliphatic heterocycles. The topological polar surface area (TPSA) is 108 Å². The normalized spacial score (nSPS) is 10.2. The van der Waals surface area contributed by atoms with Crippen LogP contribution in [0.1, 0.15) is 12.8 Å². The molecule has 2 rings (SSSR count). The maximum absolute atomic E-state index is 11.3. The van der Waals surface area contributed by atoms with E-state index in [0.29, 0.717) is 5.56 Å². The number of hydrogen-bond acceptors (Lipinski definition) is 7. The zero-order valence-electron chi connectivity index (χ0n) is 10.6. The molecular weight excluding hydrogens is 266 g/mol. The predicted molar refractivity (Wildman–Crippen MR) is 66.7 cm³/mol. The molecule has 20 heavy (non-hydrogen) atoms. The molecular formula is C12H11N3O5. The first kappa shape index (κ1) is 13.7. The molecule has 1 aromatic carbocycles. The third kappa shape index (κ3) is 3.16. The molecule has 8 heteroatoms. The average molecular weight is 277 g/mol. The van der Waals surface area contributed by atoms with E-state index in [4.69, 9.17) is 9.15 Å². The zero-order chi connectivity index (χ0) is 14.5. The van der Waals surface area contributed by atoms with Crippen LogP contribution in [-0.4, -0.2) is 27.7 Å². The molecule has 0 radical (unpaired) electrons. The third-order valence-electron chi connectivity index (χ3n) is 2.39. The quantitative estimate of drug-likeness (QED) is 0.465. The van der Waals surface area contributed by atoms with Crippen LogP contribution in [0.3, 0.4) is 0 Å². The van der Waals surface area contributed by atoms with Crippen LogP contribution >= 0.6 is 0 Å². The molecule has 0 spiro atoms. The lowest BCUT2D eigenvalue weighted by atomic mass is 10.2. The first-order valence-corrected chi connectivity index (χ1v) is 5.83. The molecule has 8 nitrogen and oxygen atoms in total. The summed E-state index contributed by atoms with van der Waals surface area (Å²) in [5, 5.41) is 18.0. The van der Waals surface area contributed by atoms with Gasteiger partial charge in [0.2, 0.25) is 11.8 Å². The van der Waals surface area contributed by atoms with Crippen LogP contribution in [0, 0.1) is 10.1 Å². The lowest BCUT2D eigenvalue weighted by Crippen LogP contribution is -2.07. The van der Waals surface area contributed by atoms with Gasteiger partial charge in [0, 0.05) is 17.7 Å². The van der Waals surface area contributed by atoms with Gasteiger partial charge in [-0.05, 0) is 19.1 Å². The molecule has 1 heterocycles. The maximum Gasteiger partial charge on any atom is 0.315 e. The first-order valence-electron chi connectivity index (χ1n) is 5.83. The average Bonchev–Trinajstić information content (AvgIpc) is 2.87. The van der Waals surface area contributed by atoms with E-state index in [-0.39, 0.29) is 30.5 Å². The second-order valence-electron chi connectivity index (χ2n) is 3.79. The highest BCUT2D eigenvalue weighted by atomic mass is 16.6. The van der Waals surface area contributed by atoms with Crippen LogP contribution in [0.15, 0.2) is 28.7 Å². The van der Waals surface area contributed by atoms with Crippen molar-refractivity contribution in [3.8, 4) is 11.5 Å². The highest BCUT2D eigenvalue weighted by molar-refractivity contribution is 5.71. The third-order valence-corrected chi connectivity index (χ3v) is 2.39. The molecule has 0 aliphatic rings. The summed E-state index contributed by atoms with van der Waals surface area (Å²) in [5.41, 5.74) is 0.512. The van der Waals surface area contributed by atoms with Crippen molar-refractivity contribution in [1.29, 1.82) is 0 Å². The summed E-state index contributed by atoms with van der Waals surface area (Å²) in [7, 11) is 0. The number of esters is 1. The fourth-order valence-electron chi connectivity index (χ4n) is 1.50. The van der Waals surface area contributed by atoms with Crippen LogP contribution in [0.4, 0.5) is 5.69 Å². The van der Waals surface area contributed by atoms with Gasteiger partial charge in [0.05, 0.1) is 11.5 Å². The monoisotopic (exact) mass is 277 g/mol. The number of aromatic nitrogens is 2. The minimum absolute atomic E-state index is 0.0278. The predicted octanol–water partition coefficient (Wildman–Crippen LogP) is 1.75. The van der Waals surface area contributed by atoms with Gasteiger partial charge in [-0.25, -0.2) is 0 Å². The second-order valence-corrected chi connectivity index (χ2v) is 3.79. The Morgan fingerprint density at radius 3 is 2.65 bits per heavy atom. The summed E-state index contributed by atoms with van der Waals surface area (Å²) in [5.74, 6) is -0.123. The van der Waals surface area contributed by atoms with Crippen molar-refractivity contribution in [1.82, 2.24) is 10.2 Å². The van der Waals surface area contributed by atoms with Crippen molar-refractivity contribution in [3.05, 3.63) is 40.3 Å². The van der Waals surface area contributed by atoms with E-state index in [1.165, 1.54) is 24.3 Å². The van der Waals surface area contributed by atoms with Crippen LogP contribution in [0.2, 0.25) is 0 Å². The smallest absolute Gasteiger partial charge is 0.315 e. The van der Waals surface area contributed by atoms with Crippen LogP contribution in [0.5, 0.6) is 0 Å². The van der Waals surface area contributed by atoms with E-state index >= 15 is 0 Å². The number of non-ortho nitro benzene ring substituents is 1. The van der Waals surface area contributed by atoms with E-state index in [0.717, 1.165) is 0 Å². The molecule has 2 aromatic rings. The fourth-order valence-corrected chi connectivity index (χ4v) is 1.50. The van der Waals surface area contributed by atoms with Gasteiger partial charge in [-0.2, -0.15) is 0 Å². The largest absolute Gasteiger partial charge is 0.466 e. The van der Waals surface area contributed by atoms with Crippen molar-refractivity contribution in [2.45, 2.75) is 13.3 Å².